The Hall–Kier alpha value is -1.75. The number of anilines is 1. The Labute approximate surface area is 173 Å². The minimum absolute atomic E-state index is 0.00258. The molecular weight excluding hydrogens is 420 g/mol. The zero-order valence-corrected chi connectivity index (χ0v) is 18.1. The van der Waals surface area contributed by atoms with Crippen LogP contribution in [0.4, 0.5) is 5.69 Å². The summed E-state index contributed by atoms with van der Waals surface area (Å²) < 4.78 is 6.25. The number of thioether (sulfide) groups is 1. The van der Waals surface area contributed by atoms with Crippen LogP contribution in [-0.4, -0.2) is 34.0 Å². The number of aromatic nitrogens is 3. The van der Waals surface area contributed by atoms with Crippen molar-refractivity contribution in [3.05, 3.63) is 33.2 Å². The maximum absolute atomic E-state index is 13.2. The zero-order valence-electron chi connectivity index (χ0n) is 14.8. The highest BCUT2D eigenvalue weighted by molar-refractivity contribution is 7.99. The Bertz CT molecular complexity index is 1060. The first-order valence-corrected chi connectivity index (χ1v) is 11.6. The molecule has 1 aromatic carbocycles. The van der Waals surface area contributed by atoms with E-state index >= 15 is 0 Å². The van der Waals surface area contributed by atoms with Crippen LogP contribution in [0.3, 0.4) is 0 Å². The number of H-pyrrole nitrogens is 1. The third kappa shape index (κ3) is 3.10. The molecule has 0 saturated heterocycles. The van der Waals surface area contributed by atoms with Crippen LogP contribution in [0, 0.1) is 3.82 Å². The summed E-state index contributed by atoms with van der Waals surface area (Å²) in [6, 6.07) is 5.78. The van der Waals surface area contributed by atoms with Gasteiger partial charge in [-0.25, -0.2) is 4.98 Å². The molecule has 0 saturated carbocycles. The molecule has 0 spiro atoms. The molecule has 10 heteroatoms. The van der Waals surface area contributed by atoms with Gasteiger partial charge >= 0.3 is 0 Å². The van der Waals surface area contributed by atoms with E-state index in [9.17, 15) is 4.79 Å². The molecule has 3 heterocycles. The molecule has 0 aliphatic carbocycles. The molecule has 0 atom stereocenters. The van der Waals surface area contributed by atoms with Gasteiger partial charge in [0.2, 0.25) is 5.91 Å². The molecule has 2 aromatic heterocycles. The van der Waals surface area contributed by atoms with Crippen LogP contribution in [-0.2, 0) is 10.3 Å². The maximum Gasteiger partial charge on any atom is 0.238 e. The van der Waals surface area contributed by atoms with Gasteiger partial charge in [-0.05, 0) is 32.0 Å². The fourth-order valence-electron chi connectivity index (χ4n) is 3.24. The van der Waals surface area contributed by atoms with Crippen molar-refractivity contribution >= 4 is 56.3 Å². The average molecular weight is 437 g/mol. The second kappa shape index (κ2) is 7.01. The molecule has 140 valence electrons. The number of ether oxygens (including phenoxy) is 1. The lowest BCUT2D eigenvalue weighted by atomic mass is 9.87. The Morgan fingerprint density at radius 2 is 2.22 bits per heavy atom. The number of hydrogen-bond acceptors (Lipinski definition) is 8. The highest BCUT2D eigenvalue weighted by Crippen LogP contribution is 2.52. The molecule has 0 fully saturated rings. The number of methoxy groups -OCH3 is 1. The second-order valence-electron chi connectivity index (χ2n) is 6.41. The first kappa shape index (κ1) is 18.6. The van der Waals surface area contributed by atoms with Gasteiger partial charge < -0.3 is 9.64 Å². The van der Waals surface area contributed by atoms with Crippen LogP contribution in [0.5, 0.6) is 5.75 Å². The lowest BCUT2D eigenvalue weighted by Crippen LogP contribution is -2.48. The van der Waals surface area contributed by atoms with Gasteiger partial charge in [0.1, 0.15) is 15.9 Å². The summed E-state index contributed by atoms with van der Waals surface area (Å²) in [5, 5.41) is 7.22. The smallest absolute Gasteiger partial charge is 0.238 e. The van der Waals surface area contributed by atoms with Gasteiger partial charge in [-0.15, -0.1) is 0 Å². The van der Waals surface area contributed by atoms with Gasteiger partial charge in [0, 0.05) is 11.1 Å². The van der Waals surface area contributed by atoms with E-state index in [-0.39, 0.29) is 11.7 Å². The fourth-order valence-corrected chi connectivity index (χ4v) is 7.15. The van der Waals surface area contributed by atoms with Crippen molar-refractivity contribution in [3.63, 3.8) is 0 Å². The Balaban J connectivity index is 1.80. The summed E-state index contributed by atoms with van der Waals surface area (Å²) in [5.74, 6) is 1.01. The highest BCUT2D eigenvalue weighted by atomic mass is 32.9. The van der Waals surface area contributed by atoms with Gasteiger partial charge in [0.15, 0.2) is 5.16 Å². The SMILES string of the molecule is COc1ccc2c(c1)-c1c(ssc1=S)C(C)(C)N2C(=O)CSc1ncn[nH]1. The van der Waals surface area contributed by atoms with Crippen molar-refractivity contribution in [2.45, 2.75) is 24.5 Å². The molecule has 1 amide bonds. The number of hydrogen-bond donors (Lipinski definition) is 1. The van der Waals surface area contributed by atoms with E-state index in [0.29, 0.717) is 5.16 Å². The minimum Gasteiger partial charge on any atom is -0.497 e. The molecular formula is C17H16N4O2S4. The normalized spacial score (nSPS) is 14.6. The van der Waals surface area contributed by atoms with Gasteiger partial charge in [-0.1, -0.05) is 44.7 Å². The monoisotopic (exact) mass is 436 g/mol. The maximum atomic E-state index is 13.2. The number of carbonyl (C=O) groups is 1. The van der Waals surface area contributed by atoms with Gasteiger partial charge in [-0.2, -0.15) is 5.10 Å². The van der Waals surface area contributed by atoms with Crippen molar-refractivity contribution in [1.82, 2.24) is 15.2 Å². The molecule has 0 unspecified atom stereocenters. The number of aromatic amines is 1. The number of benzene rings is 1. The standard InChI is InChI=1S/C17H16N4O2S4/c1-17(2)14-13(15(24)27-26-14)10-6-9(23-3)4-5-11(10)21(17)12(22)7-25-16-18-8-19-20-16/h4-6,8H,7H2,1-3H3,(H,18,19,20). The predicted octanol–water partition coefficient (Wildman–Crippen LogP) is 4.71. The third-order valence-electron chi connectivity index (χ3n) is 4.44. The van der Waals surface area contributed by atoms with Crippen LogP contribution >= 0.6 is 44.7 Å². The number of carbonyl (C=O) groups excluding carboxylic acids is 1. The topological polar surface area (TPSA) is 71.1 Å². The number of rotatable bonds is 4. The van der Waals surface area contributed by atoms with Crippen LogP contribution in [0.2, 0.25) is 0 Å². The van der Waals surface area contributed by atoms with Gasteiger partial charge in [0.25, 0.3) is 0 Å². The number of nitrogens with one attached hydrogen (secondary N) is 1. The van der Waals surface area contributed by atoms with Crippen molar-refractivity contribution in [2.24, 2.45) is 0 Å². The van der Waals surface area contributed by atoms with Crippen molar-refractivity contribution < 1.29 is 9.53 Å². The van der Waals surface area contributed by atoms with E-state index < -0.39 is 5.54 Å². The summed E-state index contributed by atoms with van der Waals surface area (Å²) in [6.07, 6.45) is 1.43. The first-order valence-electron chi connectivity index (χ1n) is 8.06. The third-order valence-corrected chi connectivity index (χ3v) is 8.63. The number of amides is 1. The number of fused-ring (bicyclic) bond motifs is 3. The lowest BCUT2D eigenvalue weighted by Gasteiger charge is -2.43. The largest absolute Gasteiger partial charge is 0.497 e. The Kier molecular flexibility index (Phi) is 4.83. The molecule has 4 rings (SSSR count). The number of nitrogens with zero attached hydrogens (tertiary/aromatic N) is 3. The van der Waals surface area contributed by atoms with E-state index in [1.165, 1.54) is 18.1 Å². The van der Waals surface area contributed by atoms with E-state index in [1.807, 2.05) is 23.1 Å². The van der Waals surface area contributed by atoms with Crippen LogP contribution in [0.25, 0.3) is 11.1 Å². The fraction of sp³-hybridized carbons (Fsp3) is 0.294. The molecule has 0 bridgehead atoms. The van der Waals surface area contributed by atoms with Gasteiger partial charge in [0.05, 0.1) is 29.0 Å². The Morgan fingerprint density at radius 3 is 2.93 bits per heavy atom. The minimum atomic E-state index is -0.492. The van der Waals surface area contributed by atoms with E-state index in [1.54, 1.807) is 27.8 Å². The summed E-state index contributed by atoms with van der Waals surface area (Å²) in [5.41, 5.74) is 2.36. The van der Waals surface area contributed by atoms with Crippen LogP contribution < -0.4 is 9.64 Å². The van der Waals surface area contributed by atoms with Gasteiger partial charge in [-0.3, -0.25) is 9.89 Å². The zero-order chi connectivity index (χ0) is 19.2. The summed E-state index contributed by atoms with van der Waals surface area (Å²) in [7, 11) is 4.85. The summed E-state index contributed by atoms with van der Waals surface area (Å²) in [4.78, 5) is 20.3. The lowest BCUT2D eigenvalue weighted by molar-refractivity contribution is -0.117. The van der Waals surface area contributed by atoms with E-state index in [4.69, 9.17) is 17.0 Å². The molecule has 6 nitrogen and oxygen atoms in total. The van der Waals surface area contributed by atoms with Crippen LogP contribution in [0.15, 0.2) is 29.7 Å². The Morgan fingerprint density at radius 1 is 1.41 bits per heavy atom. The molecule has 0 radical (unpaired) electrons. The molecule has 1 aliphatic rings. The summed E-state index contributed by atoms with van der Waals surface area (Å²) >= 11 is 6.94. The van der Waals surface area contributed by atoms with Crippen molar-refractivity contribution in [2.75, 3.05) is 17.8 Å². The predicted molar refractivity (Wildman–Crippen MR) is 113 cm³/mol. The van der Waals surface area contributed by atoms with Crippen molar-refractivity contribution in [1.29, 1.82) is 0 Å². The average Bonchev–Trinajstić information content (AvgIpc) is 3.30. The van der Waals surface area contributed by atoms with E-state index in [2.05, 4.69) is 29.0 Å². The molecule has 27 heavy (non-hydrogen) atoms. The second-order valence-corrected chi connectivity index (χ2v) is 10.2. The van der Waals surface area contributed by atoms with E-state index in [0.717, 1.165) is 31.3 Å². The molecule has 1 aliphatic heterocycles. The quantitative estimate of drug-likeness (QED) is 0.363. The van der Waals surface area contributed by atoms with Crippen molar-refractivity contribution in [3.8, 4) is 16.9 Å². The van der Waals surface area contributed by atoms with Crippen LogP contribution in [0.1, 0.15) is 18.7 Å². The summed E-state index contributed by atoms with van der Waals surface area (Å²) in [6.45, 7) is 4.13. The first-order chi connectivity index (χ1) is 12.9. The highest BCUT2D eigenvalue weighted by Gasteiger charge is 2.42. The molecule has 1 N–H and O–H groups in total. The molecule has 3 aromatic rings.